The lowest BCUT2D eigenvalue weighted by molar-refractivity contribution is -0.161. The number of benzene rings is 1. The van der Waals surface area contributed by atoms with Gasteiger partial charge in [0, 0.05) is 49.3 Å². The van der Waals surface area contributed by atoms with Crippen molar-refractivity contribution in [3.63, 3.8) is 0 Å². The van der Waals surface area contributed by atoms with Crippen LogP contribution in [0.4, 0.5) is 24.5 Å². The first kappa shape index (κ1) is 32.5. The summed E-state index contributed by atoms with van der Waals surface area (Å²) in [7, 11) is 1.39. The molecule has 0 bridgehead atoms. The van der Waals surface area contributed by atoms with Crippen molar-refractivity contribution in [3.05, 3.63) is 48.2 Å². The molecule has 0 spiro atoms. The summed E-state index contributed by atoms with van der Waals surface area (Å²) in [6, 6.07) is 7.42. The highest BCUT2D eigenvalue weighted by Crippen LogP contribution is 2.34. The maximum Gasteiger partial charge on any atom is 0.407 e. The maximum atomic E-state index is 14.1. The number of rotatable bonds is 13. The smallest absolute Gasteiger partial charge is 0.407 e. The first-order valence-corrected chi connectivity index (χ1v) is 14.3. The molecule has 1 aliphatic heterocycles. The second-order valence-electron chi connectivity index (χ2n) is 11.2. The van der Waals surface area contributed by atoms with Crippen molar-refractivity contribution in [1.29, 1.82) is 0 Å². The molecule has 228 valence electrons. The quantitative estimate of drug-likeness (QED) is 0.296. The van der Waals surface area contributed by atoms with Crippen molar-refractivity contribution in [2.75, 3.05) is 37.0 Å². The van der Waals surface area contributed by atoms with E-state index in [-0.39, 0.29) is 42.0 Å². The first-order chi connectivity index (χ1) is 19.4. The van der Waals surface area contributed by atoms with Crippen LogP contribution < -0.4 is 25.6 Å². The molecule has 3 N–H and O–H groups in total. The average Bonchev–Trinajstić information content (AvgIpc) is 2.92. The number of pyridine rings is 1. The summed E-state index contributed by atoms with van der Waals surface area (Å²) in [6.45, 7) is 11.9. The summed E-state index contributed by atoms with van der Waals surface area (Å²) in [5.41, 5.74) is 1.93. The number of hydrogen-bond acceptors (Lipinski definition) is 7. The van der Waals surface area contributed by atoms with Crippen LogP contribution in [0.2, 0.25) is 0 Å². The van der Waals surface area contributed by atoms with E-state index in [4.69, 9.17) is 9.47 Å². The monoisotopic (exact) mass is 579 g/mol. The van der Waals surface area contributed by atoms with Crippen molar-refractivity contribution >= 4 is 17.3 Å². The van der Waals surface area contributed by atoms with E-state index in [1.165, 1.54) is 19.2 Å². The molecule has 2 aromatic rings. The zero-order valence-corrected chi connectivity index (χ0v) is 24.8. The van der Waals surface area contributed by atoms with Gasteiger partial charge in [0.2, 0.25) is 11.8 Å². The van der Waals surface area contributed by atoms with E-state index in [0.717, 1.165) is 30.7 Å². The van der Waals surface area contributed by atoms with Gasteiger partial charge in [-0.2, -0.15) is 13.2 Å². The molecule has 1 aromatic carbocycles. The van der Waals surface area contributed by atoms with Crippen LogP contribution in [0.25, 0.3) is 0 Å². The van der Waals surface area contributed by atoms with Crippen LogP contribution in [0.3, 0.4) is 0 Å². The molecule has 2 heterocycles. The fourth-order valence-electron chi connectivity index (χ4n) is 5.01. The summed E-state index contributed by atoms with van der Waals surface area (Å²) in [6.07, 6.45) is -2.32. The Labute approximate surface area is 241 Å². The molecule has 0 radical (unpaired) electrons. The maximum absolute atomic E-state index is 14.1. The van der Waals surface area contributed by atoms with Gasteiger partial charge >= 0.3 is 6.18 Å². The molecule has 0 aliphatic carbocycles. The molecule has 1 aromatic heterocycles. The molecule has 0 unspecified atom stereocenters. The van der Waals surface area contributed by atoms with Gasteiger partial charge in [0.1, 0.15) is 6.04 Å². The van der Waals surface area contributed by atoms with Crippen LogP contribution in [0.1, 0.15) is 59.1 Å². The van der Waals surface area contributed by atoms with E-state index in [1.54, 1.807) is 0 Å². The van der Waals surface area contributed by atoms with Crippen LogP contribution >= 0.6 is 0 Å². The summed E-state index contributed by atoms with van der Waals surface area (Å²) >= 11 is 0. The third-order valence-corrected chi connectivity index (χ3v) is 7.06. The summed E-state index contributed by atoms with van der Waals surface area (Å²) < 4.78 is 53.1. The SMILES string of the molecule is CC[C@@H](CNc1ccc(N2C[C@@H](C)O[C@@H](C)C2)cc1)NC(=O)[C@H](CC(C)C)N[C@@H](c1ccc(OC)nc1)C(F)(F)F. The van der Waals surface area contributed by atoms with Crippen molar-refractivity contribution in [3.8, 4) is 5.88 Å². The number of halogens is 3. The van der Waals surface area contributed by atoms with Gasteiger partial charge in [-0.3, -0.25) is 10.1 Å². The Balaban J connectivity index is 1.64. The van der Waals surface area contributed by atoms with Gasteiger partial charge < -0.3 is 25.0 Å². The Hall–Kier alpha value is -3.05. The molecule has 8 nitrogen and oxygen atoms in total. The van der Waals surface area contributed by atoms with Gasteiger partial charge in [-0.15, -0.1) is 0 Å². The van der Waals surface area contributed by atoms with Crippen molar-refractivity contribution in [2.24, 2.45) is 5.92 Å². The Morgan fingerprint density at radius 2 is 1.78 bits per heavy atom. The fraction of sp³-hybridized carbons (Fsp3) is 0.600. The minimum absolute atomic E-state index is 0.00437. The van der Waals surface area contributed by atoms with Gasteiger partial charge in [-0.05, 0) is 62.4 Å². The van der Waals surface area contributed by atoms with Gasteiger partial charge in [0.25, 0.3) is 0 Å². The number of amides is 1. The molecule has 1 saturated heterocycles. The largest absolute Gasteiger partial charge is 0.481 e. The molecular formula is C30H44F3N5O3. The minimum atomic E-state index is -4.62. The molecule has 3 rings (SSSR count). The number of methoxy groups -OCH3 is 1. The number of morpholine rings is 1. The lowest BCUT2D eigenvalue weighted by Gasteiger charge is -2.37. The molecule has 41 heavy (non-hydrogen) atoms. The van der Waals surface area contributed by atoms with Gasteiger partial charge in [0.05, 0.1) is 25.4 Å². The standard InChI is InChI=1S/C30H44F3N5O3/c1-7-23(16-34-24-9-11-25(12-10-24)38-17-20(4)41-21(5)18-38)36-29(39)26(14-19(2)3)37-28(30(31,32)33)22-8-13-27(40-6)35-15-22/h8-13,15,19-21,23,26,28,34,37H,7,14,16-18H2,1-6H3,(H,36,39)/t20-,21+,23-,26-,28-/m0/s1. The predicted octanol–water partition coefficient (Wildman–Crippen LogP) is 5.32. The molecule has 0 saturated carbocycles. The van der Waals surface area contributed by atoms with Crippen molar-refractivity contribution in [1.82, 2.24) is 15.6 Å². The van der Waals surface area contributed by atoms with E-state index in [2.05, 4.69) is 51.8 Å². The fourth-order valence-corrected chi connectivity index (χ4v) is 5.01. The van der Waals surface area contributed by atoms with Crippen molar-refractivity contribution in [2.45, 2.75) is 84.0 Å². The third kappa shape index (κ3) is 9.78. The van der Waals surface area contributed by atoms with Crippen LogP contribution in [0, 0.1) is 5.92 Å². The molecule has 1 amide bonds. The Morgan fingerprint density at radius 1 is 1.12 bits per heavy atom. The van der Waals surface area contributed by atoms with Crippen molar-refractivity contribution < 1.29 is 27.4 Å². The van der Waals surface area contributed by atoms with E-state index in [1.807, 2.05) is 32.9 Å². The highest BCUT2D eigenvalue weighted by molar-refractivity contribution is 5.82. The normalized spacial score (nSPS) is 19.9. The zero-order chi connectivity index (χ0) is 30.2. The second kappa shape index (κ2) is 14.7. The number of nitrogens with one attached hydrogen (secondary N) is 3. The lowest BCUT2D eigenvalue weighted by Crippen LogP contribution is -2.52. The Bertz CT molecular complexity index is 1070. The highest BCUT2D eigenvalue weighted by atomic mass is 19.4. The summed E-state index contributed by atoms with van der Waals surface area (Å²) in [5, 5.41) is 8.88. The number of aromatic nitrogens is 1. The first-order valence-electron chi connectivity index (χ1n) is 14.3. The van der Waals surface area contributed by atoms with Gasteiger partial charge in [-0.25, -0.2) is 4.98 Å². The van der Waals surface area contributed by atoms with E-state index in [0.29, 0.717) is 13.0 Å². The Kier molecular flexibility index (Phi) is 11.7. The van der Waals surface area contributed by atoms with Crippen LogP contribution in [-0.4, -0.2) is 68.1 Å². The third-order valence-electron chi connectivity index (χ3n) is 7.06. The van der Waals surface area contributed by atoms with Crippen LogP contribution in [0.5, 0.6) is 5.88 Å². The second-order valence-corrected chi connectivity index (χ2v) is 11.2. The number of nitrogens with zero attached hydrogens (tertiary/aromatic N) is 2. The number of anilines is 2. The topological polar surface area (TPSA) is 87.8 Å². The number of carbonyl (C=O) groups excluding carboxylic acids is 1. The molecule has 5 atom stereocenters. The number of alkyl halides is 3. The van der Waals surface area contributed by atoms with Crippen LogP contribution in [0.15, 0.2) is 42.6 Å². The number of ether oxygens (including phenoxy) is 2. The molecule has 1 aliphatic rings. The van der Waals surface area contributed by atoms with Gasteiger partial charge in [0.15, 0.2) is 0 Å². The predicted molar refractivity (Wildman–Crippen MR) is 155 cm³/mol. The highest BCUT2D eigenvalue weighted by Gasteiger charge is 2.43. The molecular weight excluding hydrogens is 535 g/mol. The summed E-state index contributed by atoms with van der Waals surface area (Å²) in [4.78, 5) is 19.5. The number of carbonyl (C=O) groups is 1. The summed E-state index contributed by atoms with van der Waals surface area (Å²) in [5.74, 6) is -0.256. The number of hydrogen-bond donors (Lipinski definition) is 3. The Morgan fingerprint density at radius 3 is 2.29 bits per heavy atom. The van der Waals surface area contributed by atoms with E-state index in [9.17, 15) is 18.0 Å². The van der Waals surface area contributed by atoms with E-state index >= 15 is 0 Å². The minimum Gasteiger partial charge on any atom is -0.481 e. The lowest BCUT2D eigenvalue weighted by atomic mass is 9.99. The average molecular weight is 580 g/mol. The van der Waals surface area contributed by atoms with E-state index < -0.39 is 24.2 Å². The van der Waals surface area contributed by atoms with Crippen LogP contribution in [-0.2, 0) is 9.53 Å². The molecule has 11 heteroatoms. The van der Waals surface area contributed by atoms with Gasteiger partial charge in [-0.1, -0.05) is 26.8 Å². The molecule has 1 fully saturated rings. The zero-order valence-electron chi connectivity index (χ0n) is 24.8.